The number of ether oxygens (including phenoxy) is 1. The van der Waals surface area contributed by atoms with Crippen LogP contribution in [-0.2, 0) is 11.3 Å². The topological polar surface area (TPSA) is 63.5 Å². The van der Waals surface area contributed by atoms with Crippen LogP contribution in [0.2, 0.25) is 0 Å². The van der Waals surface area contributed by atoms with Gasteiger partial charge in [-0.25, -0.2) is 0 Å². The third kappa shape index (κ3) is 2.35. The van der Waals surface area contributed by atoms with Crippen LogP contribution in [0.3, 0.4) is 0 Å². The van der Waals surface area contributed by atoms with Crippen molar-refractivity contribution in [1.29, 1.82) is 0 Å². The van der Waals surface area contributed by atoms with Crippen molar-refractivity contribution in [2.75, 3.05) is 6.54 Å². The second kappa shape index (κ2) is 5.19. The van der Waals surface area contributed by atoms with Gasteiger partial charge in [0, 0.05) is 24.0 Å². The highest BCUT2D eigenvalue weighted by Crippen LogP contribution is 2.33. The summed E-state index contributed by atoms with van der Waals surface area (Å²) < 4.78 is 7.41. The fourth-order valence-corrected chi connectivity index (χ4v) is 3.66. The van der Waals surface area contributed by atoms with Crippen LogP contribution < -0.4 is 10.9 Å². The van der Waals surface area contributed by atoms with Crippen molar-refractivity contribution in [1.82, 2.24) is 9.88 Å². The zero-order valence-electron chi connectivity index (χ0n) is 12.4. The maximum absolute atomic E-state index is 12.6. The molecular formula is C17H20N2O3. The summed E-state index contributed by atoms with van der Waals surface area (Å²) in [5.41, 5.74) is -0.0852. The number of rotatable bonds is 2. The highest BCUT2D eigenvalue weighted by atomic mass is 16.6. The molecule has 4 rings (SSSR count). The van der Waals surface area contributed by atoms with E-state index in [1.807, 2.05) is 30.3 Å². The normalized spacial score (nSPS) is 31.3. The maximum atomic E-state index is 12.6. The first kappa shape index (κ1) is 13.9. The summed E-state index contributed by atoms with van der Waals surface area (Å²) in [6, 6.07) is 9.59. The molecule has 5 heteroatoms. The Morgan fingerprint density at radius 3 is 3.09 bits per heavy atom. The van der Waals surface area contributed by atoms with Gasteiger partial charge in [0.1, 0.15) is 0 Å². The van der Waals surface area contributed by atoms with E-state index in [1.165, 1.54) is 0 Å². The molecule has 2 aliphatic heterocycles. The third-order valence-corrected chi connectivity index (χ3v) is 4.73. The van der Waals surface area contributed by atoms with E-state index < -0.39 is 5.79 Å². The van der Waals surface area contributed by atoms with Gasteiger partial charge in [0.25, 0.3) is 5.56 Å². The summed E-state index contributed by atoms with van der Waals surface area (Å²) in [6.45, 7) is 1.14. The number of pyridine rings is 1. The molecule has 2 fully saturated rings. The van der Waals surface area contributed by atoms with Crippen LogP contribution in [0.15, 0.2) is 41.3 Å². The molecule has 3 heterocycles. The molecule has 0 radical (unpaired) electrons. The van der Waals surface area contributed by atoms with Gasteiger partial charge in [-0.2, -0.15) is 0 Å². The molecule has 5 nitrogen and oxygen atoms in total. The van der Waals surface area contributed by atoms with Crippen LogP contribution in [0.4, 0.5) is 0 Å². The van der Waals surface area contributed by atoms with Gasteiger partial charge >= 0.3 is 0 Å². The van der Waals surface area contributed by atoms with E-state index in [9.17, 15) is 9.90 Å². The minimum atomic E-state index is -1.26. The molecule has 2 saturated heterocycles. The van der Waals surface area contributed by atoms with E-state index in [0.29, 0.717) is 11.8 Å². The molecule has 2 N–H and O–H groups in total. The smallest absolute Gasteiger partial charge is 0.258 e. The number of nitrogens with one attached hydrogen (secondary N) is 1. The average molecular weight is 300 g/mol. The molecule has 3 atom stereocenters. The lowest BCUT2D eigenvalue weighted by Gasteiger charge is -2.25. The van der Waals surface area contributed by atoms with Crippen molar-refractivity contribution in [2.24, 2.45) is 0 Å². The number of aromatic nitrogens is 1. The first-order valence-corrected chi connectivity index (χ1v) is 7.86. The van der Waals surface area contributed by atoms with E-state index >= 15 is 0 Å². The number of nitrogens with zero attached hydrogens (tertiary/aromatic N) is 1. The second-order valence-electron chi connectivity index (χ2n) is 6.35. The number of hydrogen-bond donors (Lipinski definition) is 2. The Labute approximate surface area is 128 Å². The van der Waals surface area contributed by atoms with Gasteiger partial charge in [-0.1, -0.05) is 18.2 Å². The molecule has 0 spiro atoms. The zero-order chi connectivity index (χ0) is 15.2. The zero-order valence-corrected chi connectivity index (χ0v) is 12.4. The molecule has 0 saturated carbocycles. The minimum absolute atomic E-state index is 0.0508. The van der Waals surface area contributed by atoms with Crippen LogP contribution in [0.1, 0.15) is 19.3 Å². The van der Waals surface area contributed by atoms with Crippen molar-refractivity contribution in [3.63, 3.8) is 0 Å². The molecule has 1 aromatic carbocycles. The second-order valence-corrected chi connectivity index (χ2v) is 6.35. The quantitative estimate of drug-likeness (QED) is 0.876. The molecule has 2 aromatic rings. The molecular weight excluding hydrogens is 280 g/mol. The summed E-state index contributed by atoms with van der Waals surface area (Å²) in [6.07, 6.45) is 4.34. The van der Waals surface area contributed by atoms with Gasteiger partial charge < -0.3 is 19.7 Å². The molecule has 0 amide bonds. The number of aliphatic hydroxyl groups is 1. The fourth-order valence-electron chi connectivity index (χ4n) is 3.66. The first-order chi connectivity index (χ1) is 10.6. The largest absolute Gasteiger partial charge is 0.364 e. The predicted molar refractivity (Wildman–Crippen MR) is 83.7 cm³/mol. The molecule has 2 unspecified atom stereocenters. The van der Waals surface area contributed by atoms with Gasteiger partial charge in [-0.05, 0) is 36.9 Å². The lowest BCUT2D eigenvalue weighted by molar-refractivity contribution is -0.202. The van der Waals surface area contributed by atoms with E-state index in [1.54, 1.807) is 10.8 Å². The van der Waals surface area contributed by atoms with Crippen molar-refractivity contribution >= 4 is 10.8 Å². The third-order valence-electron chi connectivity index (χ3n) is 4.73. The van der Waals surface area contributed by atoms with Gasteiger partial charge in [0.15, 0.2) is 5.79 Å². The van der Waals surface area contributed by atoms with Crippen LogP contribution >= 0.6 is 0 Å². The van der Waals surface area contributed by atoms with Gasteiger partial charge in [-0.15, -0.1) is 0 Å². The Kier molecular flexibility index (Phi) is 3.29. The molecule has 116 valence electrons. The van der Waals surface area contributed by atoms with Gasteiger partial charge in [-0.3, -0.25) is 4.79 Å². The highest BCUT2D eigenvalue weighted by molar-refractivity contribution is 5.81. The summed E-state index contributed by atoms with van der Waals surface area (Å²) in [5.74, 6) is -1.26. The number of fused-ring (bicyclic) bond motifs is 2. The Hall–Kier alpha value is -1.69. The number of benzene rings is 1. The SMILES string of the molecule is O=c1c2ccccc2ccn1CC1(O)CC2NCCC[C@@H]2O1. The molecule has 0 aliphatic carbocycles. The van der Waals surface area contributed by atoms with Crippen LogP contribution in [0.25, 0.3) is 10.8 Å². The molecule has 2 aliphatic rings. The maximum Gasteiger partial charge on any atom is 0.258 e. The van der Waals surface area contributed by atoms with E-state index in [4.69, 9.17) is 4.74 Å². The summed E-state index contributed by atoms with van der Waals surface area (Å²) in [4.78, 5) is 12.6. The summed E-state index contributed by atoms with van der Waals surface area (Å²) in [7, 11) is 0. The Balaban J connectivity index is 1.63. The summed E-state index contributed by atoms with van der Waals surface area (Å²) in [5, 5.41) is 15.7. The van der Waals surface area contributed by atoms with Gasteiger partial charge in [0.2, 0.25) is 0 Å². The number of hydrogen-bond acceptors (Lipinski definition) is 4. The van der Waals surface area contributed by atoms with Crippen LogP contribution in [0.5, 0.6) is 0 Å². The van der Waals surface area contributed by atoms with Crippen molar-refractivity contribution in [3.05, 3.63) is 46.9 Å². The number of piperidine rings is 1. The van der Waals surface area contributed by atoms with E-state index in [2.05, 4.69) is 5.32 Å². The Morgan fingerprint density at radius 2 is 2.23 bits per heavy atom. The van der Waals surface area contributed by atoms with E-state index in [0.717, 1.165) is 24.8 Å². The van der Waals surface area contributed by atoms with E-state index in [-0.39, 0.29) is 24.2 Å². The molecule has 0 bridgehead atoms. The monoisotopic (exact) mass is 300 g/mol. The highest BCUT2D eigenvalue weighted by Gasteiger charge is 2.46. The van der Waals surface area contributed by atoms with Crippen molar-refractivity contribution in [2.45, 2.75) is 43.7 Å². The Morgan fingerprint density at radius 1 is 1.36 bits per heavy atom. The summed E-state index contributed by atoms with van der Waals surface area (Å²) >= 11 is 0. The Bertz CT molecular complexity index is 741. The fraction of sp³-hybridized carbons (Fsp3) is 0.471. The molecule has 22 heavy (non-hydrogen) atoms. The van der Waals surface area contributed by atoms with Crippen molar-refractivity contribution < 1.29 is 9.84 Å². The van der Waals surface area contributed by atoms with Crippen LogP contribution in [-0.4, -0.2) is 34.2 Å². The predicted octanol–water partition coefficient (Wildman–Crippen LogP) is 1.23. The lowest BCUT2D eigenvalue weighted by Crippen LogP contribution is -2.41. The lowest BCUT2D eigenvalue weighted by atomic mass is 9.99. The van der Waals surface area contributed by atoms with Crippen LogP contribution in [0, 0.1) is 0 Å². The average Bonchev–Trinajstić information content (AvgIpc) is 2.86. The van der Waals surface area contributed by atoms with Gasteiger partial charge in [0.05, 0.1) is 12.6 Å². The minimum Gasteiger partial charge on any atom is -0.364 e. The standard InChI is InChI=1S/C17H20N2O3/c20-16-13-5-2-1-4-12(13)7-9-19(16)11-17(21)10-14-15(22-17)6-3-8-18-14/h1-2,4-5,7,9,14-15,18,21H,3,6,8,10-11H2/t14?,15-,17?/m0/s1. The first-order valence-electron chi connectivity index (χ1n) is 7.86. The van der Waals surface area contributed by atoms with Crippen molar-refractivity contribution in [3.8, 4) is 0 Å². The molecule has 1 aromatic heterocycles.